The van der Waals surface area contributed by atoms with Gasteiger partial charge in [-0.3, -0.25) is 9.69 Å². The number of hydrogen-bond acceptors (Lipinski definition) is 3. The van der Waals surface area contributed by atoms with Gasteiger partial charge >= 0.3 is 6.03 Å². The molecule has 2 aromatic rings. The predicted octanol–water partition coefficient (Wildman–Crippen LogP) is 2.95. The molecule has 6 heteroatoms. The fourth-order valence-corrected chi connectivity index (χ4v) is 3.93. The fourth-order valence-electron chi connectivity index (χ4n) is 3.93. The van der Waals surface area contributed by atoms with Crippen LogP contribution in [0.2, 0.25) is 0 Å². The number of carbonyl (C=O) groups is 2. The van der Waals surface area contributed by atoms with E-state index in [9.17, 15) is 9.59 Å². The molecule has 2 aromatic carbocycles. The quantitative estimate of drug-likeness (QED) is 0.784. The van der Waals surface area contributed by atoms with Crippen LogP contribution in [0.25, 0.3) is 0 Å². The normalized spacial score (nSPS) is 22.0. The van der Waals surface area contributed by atoms with Crippen molar-refractivity contribution in [3.05, 3.63) is 65.2 Å². The van der Waals surface area contributed by atoms with Crippen molar-refractivity contribution in [3.63, 3.8) is 0 Å². The Labute approximate surface area is 158 Å². The van der Waals surface area contributed by atoms with Crippen molar-refractivity contribution in [3.8, 4) is 0 Å². The summed E-state index contributed by atoms with van der Waals surface area (Å²) in [7, 11) is 2.06. The highest BCUT2D eigenvalue weighted by molar-refractivity contribution is 5.89. The van der Waals surface area contributed by atoms with Gasteiger partial charge in [-0.25, -0.2) is 4.79 Å². The number of nitrogens with one attached hydrogen (secondary N) is 3. The molecule has 6 nitrogen and oxygen atoms in total. The minimum atomic E-state index is -0.224. The first-order valence-corrected chi connectivity index (χ1v) is 9.31. The van der Waals surface area contributed by atoms with Crippen LogP contribution in [0, 0.1) is 0 Å². The first-order chi connectivity index (χ1) is 13.1. The lowest BCUT2D eigenvalue weighted by atomic mass is 9.96. The summed E-state index contributed by atoms with van der Waals surface area (Å²) < 4.78 is 0. The monoisotopic (exact) mass is 364 g/mol. The fraction of sp³-hybridized carbons (Fsp3) is 0.333. The molecule has 0 aliphatic carbocycles. The van der Waals surface area contributed by atoms with E-state index >= 15 is 0 Å². The molecule has 0 aromatic heterocycles. The smallest absolute Gasteiger partial charge is 0.319 e. The van der Waals surface area contributed by atoms with Gasteiger partial charge in [-0.05, 0) is 42.3 Å². The topological polar surface area (TPSA) is 73.5 Å². The second-order valence-corrected chi connectivity index (χ2v) is 7.33. The molecule has 2 atom stereocenters. The molecule has 2 aliphatic heterocycles. The number of urea groups is 1. The van der Waals surface area contributed by atoms with E-state index in [0.717, 1.165) is 30.8 Å². The Bertz CT molecular complexity index is 867. The summed E-state index contributed by atoms with van der Waals surface area (Å²) in [6.45, 7) is 1.67. The van der Waals surface area contributed by atoms with Crippen molar-refractivity contribution in [2.45, 2.75) is 31.5 Å². The van der Waals surface area contributed by atoms with Crippen LogP contribution in [0.15, 0.2) is 48.5 Å². The number of anilines is 1. The molecule has 2 unspecified atom stereocenters. The minimum Gasteiger partial charge on any atom is -0.349 e. The van der Waals surface area contributed by atoms with Crippen molar-refractivity contribution in [1.82, 2.24) is 15.5 Å². The summed E-state index contributed by atoms with van der Waals surface area (Å²) in [6, 6.07) is 15.7. The maximum atomic E-state index is 12.6. The largest absolute Gasteiger partial charge is 0.349 e. The predicted molar refractivity (Wildman–Crippen MR) is 104 cm³/mol. The number of fused-ring (bicyclic) bond motifs is 1. The molecule has 3 N–H and O–H groups in total. The number of rotatable bonds is 3. The van der Waals surface area contributed by atoms with Crippen LogP contribution in [0.5, 0.6) is 0 Å². The molecule has 3 amide bonds. The third-order valence-corrected chi connectivity index (χ3v) is 5.21. The Hall–Kier alpha value is -2.86. The van der Waals surface area contributed by atoms with Crippen LogP contribution in [-0.2, 0) is 11.3 Å². The summed E-state index contributed by atoms with van der Waals surface area (Å²) in [5, 5.41) is 8.98. The summed E-state index contributed by atoms with van der Waals surface area (Å²) in [5.41, 5.74) is 4.16. The second kappa shape index (κ2) is 7.40. The van der Waals surface area contributed by atoms with E-state index in [-0.39, 0.29) is 24.0 Å². The summed E-state index contributed by atoms with van der Waals surface area (Å²) in [5.74, 6) is 0.0798. The SMILES string of the molecule is CN1Cc2ccccc2C(NC(=O)Nc2cccc(C3CCC(=O)N3)c2)C1. The lowest BCUT2D eigenvalue weighted by Gasteiger charge is -2.32. The molecule has 1 saturated heterocycles. The Balaban J connectivity index is 1.44. The van der Waals surface area contributed by atoms with Gasteiger partial charge in [0.15, 0.2) is 0 Å². The van der Waals surface area contributed by atoms with Crippen LogP contribution in [-0.4, -0.2) is 30.4 Å². The standard InChI is InChI=1S/C21H24N4O2/c1-25-12-15-5-2-3-8-17(15)19(13-25)24-21(27)22-16-7-4-6-14(11-16)18-9-10-20(26)23-18/h2-8,11,18-19H,9-10,12-13H2,1H3,(H,23,26)(H2,22,24,27). The molecule has 27 heavy (non-hydrogen) atoms. The van der Waals surface area contributed by atoms with Gasteiger partial charge in [0.05, 0.1) is 12.1 Å². The zero-order valence-corrected chi connectivity index (χ0v) is 15.4. The maximum absolute atomic E-state index is 12.6. The highest BCUT2D eigenvalue weighted by Gasteiger charge is 2.25. The van der Waals surface area contributed by atoms with Gasteiger partial charge in [0.2, 0.25) is 5.91 Å². The molecule has 1 fully saturated rings. The number of nitrogens with zero attached hydrogens (tertiary/aromatic N) is 1. The van der Waals surface area contributed by atoms with E-state index in [1.54, 1.807) is 0 Å². The van der Waals surface area contributed by atoms with Crippen LogP contribution in [0.4, 0.5) is 10.5 Å². The Morgan fingerprint density at radius 3 is 2.85 bits per heavy atom. The van der Waals surface area contributed by atoms with Crippen molar-refractivity contribution in [2.24, 2.45) is 0 Å². The Morgan fingerprint density at radius 2 is 2.04 bits per heavy atom. The van der Waals surface area contributed by atoms with Crippen LogP contribution in [0.1, 0.15) is 41.6 Å². The third kappa shape index (κ3) is 3.95. The molecule has 4 rings (SSSR count). The zero-order valence-electron chi connectivity index (χ0n) is 15.4. The second-order valence-electron chi connectivity index (χ2n) is 7.33. The molecule has 2 aliphatic rings. The van der Waals surface area contributed by atoms with Crippen LogP contribution >= 0.6 is 0 Å². The number of likely N-dealkylation sites (N-methyl/N-ethyl adjacent to an activating group) is 1. The van der Waals surface area contributed by atoms with Gasteiger partial charge in [0.1, 0.15) is 0 Å². The lowest BCUT2D eigenvalue weighted by Crippen LogP contribution is -2.41. The van der Waals surface area contributed by atoms with Gasteiger partial charge in [0.25, 0.3) is 0 Å². The number of amides is 3. The summed E-state index contributed by atoms with van der Waals surface area (Å²) in [4.78, 5) is 26.2. The van der Waals surface area contributed by atoms with E-state index in [1.165, 1.54) is 11.1 Å². The highest BCUT2D eigenvalue weighted by atomic mass is 16.2. The first kappa shape index (κ1) is 17.5. The molecular formula is C21H24N4O2. The van der Waals surface area contributed by atoms with Gasteiger partial charge in [-0.1, -0.05) is 36.4 Å². The van der Waals surface area contributed by atoms with Crippen molar-refractivity contribution >= 4 is 17.6 Å². The molecular weight excluding hydrogens is 340 g/mol. The van der Waals surface area contributed by atoms with Gasteiger partial charge in [-0.2, -0.15) is 0 Å². The third-order valence-electron chi connectivity index (χ3n) is 5.21. The first-order valence-electron chi connectivity index (χ1n) is 9.31. The van der Waals surface area contributed by atoms with Crippen molar-refractivity contribution < 1.29 is 9.59 Å². The van der Waals surface area contributed by atoms with E-state index in [4.69, 9.17) is 0 Å². The molecule has 0 bridgehead atoms. The molecule has 2 heterocycles. The van der Waals surface area contributed by atoms with E-state index in [2.05, 4.69) is 40.0 Å². The average Bonchev–Trinajstić information content (AvgIpc) is 3.08. The van der Waals surface area contributed by atoms with Crippen molar-refractivity contribution in [2.75, 3.05) is 18.9 Å². The number of carbonyl (C=O) groups excluding carboxylic acids is 2. The molecule has 0 radical (unpaired) electrons. The van der Waals surface area contributed by atoms with E-state index < -0.39 is 0 Å². The average molecular weight is 364 g/mol. The van der Waals surface area contributed by atoms with E-state index in [0.29, 0.717) is 6.42 Å². The summed E-state index contributed by atoms with van der Waals surface area (Å²) >= 11 is 0. The highest BCUT2D eigenvalue weighted by Crippen LogP contribution is 2.27. The Morgan fingerprint density at radius 1 is 1.19 bits per heavy atom. The van der Waals surface area contributed by atoms with Crippen molar-refractivity contribution in [1.29, 1.82) is 0 Å². The molecule has 0 saturated carbocycles. The zero-order chi connectivity index (χ0) is 18.8. The van der Waals surface area contributed by atoms with Crippen LogP contribution < -0.4 is 16.0 Å². The van der Waals surface area contributed by atoms with Crippen LogP contribution in [0.3, 0.4) is 0 Å². The van der Waals surface area contributed by atoms with E-state index in [1.807, 2.05) is 36.4 Å². The van der Waals surface area contributed by atoms with Gasteiger partial charge in [0, 0.05) is 25.2 Å². The number of hydrogen-bond donors (Lipinski definition) is 3. The molecule has 140 valence electrons. The van der Waals surface area contributed by atoms with Gasteiger partial charge in [-0.15, -0.1) is 0 Å². The minimum absolute atomic E-state index is 0.0289. The lowest BCUT2D eigenvalue weighted by molar-refractivity contribution is -0.119. The maximum Gasteiger partial charge on any atom is 0.319 e. The number of benzene rings is 2. The Kier molecular flexibility index (Phi) is 4.81. The molecule has 0 spiro atoms. The summed E-state index contributed by atoms with van der Waals surface area (Å²) in [6.07, 6.45) is 1.34. The van der Waals surface area contributed by atoms with Gasteiger partial charge < -0.3 is 16.0 Å².